The van der Waals surface area contributed by atoms with Crippen LogP contribution in [0.4, 0.5) is 0 Å². The van der Waals surface area contributed by atoms with Crippen LogP contribution in [-0.2, 0) is 11.3 Å². The fraction of sp³-hybridized carbons (Fsp3) is 0.417. The number of carbonyl (C=O) groups excluding carboxylic acids is 1. The van der Waals surface area contributed by atoms with Crippen molar-refractivity contribution in [2.45, 2.75) is 20.4 Å². The largest absolute Gasteiger partial charge is 0.351 e. The van der Waals surface area contributed by atoms with Gasteiger partial charge in [-0.15, -0.1) is 0 Å². The Morgan fingerprint density at radius 1 is 1.40 bits per heavy atom. The fourth-order valence-electron chi connectivity index (χ4n) is 1.42. The van der Waals surface area contributed by atoms with Gasteiger partial charge in [-0.3, -0.25) is 4.79 Å². The van der Waals surface area contributed by atoms with Crippen molar-refractivity contribution in [2.24, 2.45) is 0 Å². The zero-order valence-corrected chi connectivity index (χ0v) is 10.3. The van der Waals surface area contributed by atoms with E-state index >= 15 is 0 Å². The lowest BCUT2D eigenvalue weighted by atomic mass is 10.1. The lowest BCUT2D eigenvalue weighted by Gasteiger charge is -2.08. The predicted molar refractivity (Wildman–Crippen MR) is 66.1 cm³/mol. The number of hydrogen-bond donors (Lipinski definition) is 1. The van der Waals surface area contributed by atoms with E-state index in [0.29, 0.717) is 12.3 Å². The van der Waals surface area contributed by atoms with Crippen LogP contribution >= 0.6 is 11.8 Å². The van der Waals surface area contributed by atoms with E-state index in [9.17, 15) is 4.79 Å². The summed E-state index contributed by atoms with van der Waals surface area (Å²) in [7, 11) is 0. The zero-order valence-electron chi connectivity index (χ0n) is 9.46. The Morgan fingerprint density at radius 2 is 2.13 bits per heavy atom. The summed E-state index contributed by atoms with van der Waals surface area (Å²) in [5.74, 6) is 0.632. The molecule has 0 aromatic heterocycles. The maximum Gasteiger partial charge on any atom is 0.230 e. The van der Waals surface area contributed by atoms with Gasteiger partial charge in [-0.1, -0.05) is 23.8 Å². The third-order valence-electron chi connectivity index (χ3n) is 2.25. The van der Waals surface area contributed by atoms with E-state index < -0.39 is 0 Å². The summed E-state index contributed by atoms with van der Waals surface area (Å²) >= 11 is 1.54. The minimum absolute atomic E-state index is 0.0995. The van der Waals surface area contributed by atoms with E-state index in [4.69, 9.17) is 0 Å². The van der Waals surface area contributed by atoms with Gasteiger partial charge in [-0.25, -0.2) is 0 Å². The van der Waals surface area contributed by atoms with Gasteiger partial charge in [0.2, 0.25) is 5.91 Å². The molecule has 0 atom stereocenters. The molecule has 0 spiro atoms. The van der Waals surface area contributed by atoms with E-state index in [0.717, 1.165) is 0 Å². The summed E-state index contributed by atoms with van der Waals surface area (Å²) in [6.07, 6.45) is 1.93. The van der Waals surface area contributed by atoms with Gasteiger partial charge in [-0.2, -0.15) is 11.8 Å². The van der Waals surface area contributed by atoms with Crippen LogP contribution in [0.2, 0.25) is 0 Å². The van der Waals surface area contributed by atoms with Gasteiger partial charge in [-0.05, 0) is 31.2 Å². The van der Waals surface area contributed by atoms with Crippen LogP contribution in [0.15, 0.2) is 18.2 Å². The molecule has 0 aliphatic heterocycles. The van der Waals surface area contributed by atoms with Gasteiger partial charge in [0.1, 0.15) is 0 Å². The maximum absolute atomic E-state index is 11.3. The second-order valence-corrected chi connectivity index (χ2v) is 4.51. The van der Waals surface area contributed by atoms with Crippen LogP contribution in [0.1, 0.15) is 16.7 Å². The van der Waals surface area contributed by atoms with Crippen molar-refractivity contribution >= 4 is 17.7 Å². The highest BCUT2D eigenvalue weighted by Gasteiger charge is 2.01. The quantitative estimate of drug-likeness (QED) is 0.848. The molecule has 0 unspecified atom stereocenters. The molecule has 0 aliphatic carbocycles. The maximum atomic E-state index is 11.3. The molecule has 1 rings (SSSR count). The van der Waals surface area contributed by atoms with Crippen LogP contribution in [0.5, 0.6) is 0 Å². The number of aryl methyl sites for hydroxylation is 2. The molecule has 0 bridgehead atoms. The van der Waals surface area contributed by atoms with Crippen molar-refractivity contribution in [3.8, 4) is 0 Å². The first-order valence-electron chi connectivity index (χ1n) is 4.95. The van der Waals surface area contributed by atoms with Crippen molar-refractivity contribution in [1.29, 1.82) is 0 Å². The van der Waals surface area contributed by atoms with Crippen molar-refractivity contribution in [3.05, 3.63) is 34.9 Å². The average Bonchev–Trinajstić information content (AvgIpc) is 2.17. The summed E-state index contributed by atoms with van der Waals surface area (Å²) in [6, 6.07) is 6.28. The monoisotopic (exact) mass is 223 g/mol. The molecule has 3 heteroatoms. The minimum Gasteiger partial charge on any atom is -0.351 e. The highest BCUT2D eigenvalue weighted by Crippen LogP contribution is 2.10. The Labute approximate surface area is 95.5 Å². The van der Waals surface area contributed by atoms with Gasteiger partial charge in [0.15, 0.2) is 0 Å². The standard InChI is InChI=1S/C12H17NOS/c1-9-4-5-11(10(2)6-9)7-13-12(14)8-15-3/h4-6H,7-8H2,1-3H3,(H,13,14). The van der Waals surface area contributed by atoms with Crippen LogP contribution in [0, 0.1) is 13.8 Å². The lowest BCUT2D eigenvalue weighted by molar-refractivity contribution is -0.118. The lowest BCUT2D eigenvalue weighted by Crippen LogP contribution is -2.24. The van der Waals surface area contributed by atoms with Gasteiger partial charge >= 0.3 is 0 Å². The number of thioether (sulfide) groups is 1. The molecule has 0 saturated carbocycles. The molecule has 0 aliphatic rings. The van der Waals surface area contributed by atoms with Gasteiger partial charge < -0.3 is 5.32 Å². The first kappa shape index (κ1) is 12.1. The van der Waals surface area contributed by atoms with Gasteiger partial charge in [0, 0.05) is 6.54 Å². The molecular formula is C12H17NOS. The van der Waals surface area contributed by atoms with Crippen LogP contribution in [-0.4, -0.2) is 17.9 Å². The number of amides is 1. The van der Waals surface area contributed by atoms with Crippen LogP contribution < -0.4 is 5.32 Å². The molecule has 1 N–H and O–H groups in total. The highest BCUT2D eigenvalue weighted by molar-refractivity contribution is 7.99. The summed E-state index contributed by atoms with van der Waals surface area (Å²) in [5.41, 5.74) is 3.68. The third kappa shape index (κ3) is 3.96. The highest BCUT2D eigenvalue weighted by atomic mass is 32.2. The third-order valence-corrected chi connectivity index (χ3v) is 2.80. The van der Waals surface area contributed by atoms with E-state index in [-0.39, 0.29) is 5.91 Å². The van der Waals surface area contributed by atoms with Gasteiger partial charge in [0.25, 0.3) is 0 Å². The van der Waals surface area contributed by atoms with E-state index in [1.54, 1.807) is 0 Å². The molecule has 82 valence electrons. The number of carbonyl (C=O) groups is 1. The summed E-state index contributed by atoms with van der Waals surface area (Å²) in [4.78, 5) is 11.3. The first-order valence-corrected chi connectivity index (χ1v) is 6.34. The Hall–Kier alpha value is -0.960. The topological polar surface area (TPSA) is 29.1 Å². The Balaban J connectivity index is 2.54. The van der Waals surface area contributed by atoms with Crippen molar-refractivity contribution in [1.82, 2.24) is 5.32 Å². The second kappa shape index (κ2) is 5.81. The molecule has 0 fully saturated rings. The SMILES string of the molecule is CSCC(=O)NCc1ccc(C)cc1C. The Morgan fingerprint density at radius 3 is 2.73 bits per heavy atom. The smallest absolute Gasteiger partial charge is 0.230 e. The Kier molecular flexibility index (Phi) is 4.69. The first-order chi connectivity index (χ1) is 7.13. The van der Waals surface area contributed by atoms with Crippen molar-refractivity contribution in [2.75, 3.05) is 12.0 Å². The molecule has 0 heterocycles. The van der Waals surface area contributed by atoms with Gasteiger partial charge in [0.05, 0.1) is 5.75 Å². The zero-order chi connectivity index (χ0) is 11.3. The summed E-state index contributed by atoms with van der Waals surface area (Å²) in [5, 5.41) is 2.90. The summed E-state index contributed by atoms with van der Waals surface area (Å²) < 4.78 is 0. The van der Waals surface area contributed by atoms with E-state index in [2.05, 4.69) is 37.4 Å². The molecule has 1 aromatic rings. The summed E-state index contributed by atoms with van der Waals surface area (Å²) in [6.45, 7) is 4.78. The van der Waals surface area contributed by atoms with E-state index in [1.165, 1.54) is 28.5 Å². The number of rotatable bonds is 4. The van der Waals surface area contributed by atoms with E-state index in [1.807, 2.05) is 6.26 Å². The Bertz CT molecular complexity index is 349. The second-order valence-electron chi connectivity index (χ2n) is 3.64. The normalized spacial score (nSPS) is 10.1. The molecule has 0 saturated heterocycles. The van der Waals surface area contributed by atoms with Crippen molar-refractivity contribution in [3.63, 3.8) is 0 Å². The number of nitrogens with one attached hydrogen (secondary N) is 1. The molecule has 1 amide bonds. The average molecular weight is 223 g/mol. The number of benzene rings is 1. The van der Waals surface area contributed by atoms with Crippen LogP contribution in [0.25, 0.3) is 0 Å². The predicted octanol–water partition coefficient (Wildman–Crippen LogP) is 2.28. The minimum atomic E-state index is 0.0995. The molecule has 15 heavy (non-hydrogen) atoms. The fourth-order valence-corrected chi connectivity index (χ4v) is 1.78. The molecule has 0 radical (unpaired) electrons. The molecule has 2 nitrogen and oxygen atoms in total. The van der Waals surface area contributed by atoms with Crippen molar-refractivity contribution < 1.29 is 4.79 Å². The molecule has 1 aromatic carbocycles. The van der Waals surface area contributed by atoms with Crippen LogP contribution in [0.3, 0.4) is 0 Å². The number of hydrogen-bond acceptors (Lipinski definition) is 2. The molecular weight excluding hydrogens is 206 g/mol.